The molecule has 0 spiro atoms. The number of ether oxygens (including phenoxy) is 1. The van der Waals surface area contributed by atoms with Crippen LogP contribution in [0.25, 0.3) is 0 Å². The van der Waals surface area contributed by atoms with E-state index in [2.05, 4.69) is 4.74 Å². The third kappa shape index (κ3) is 4.59. The summed E-state index contributed by atoms with van der Waals surface area (Å²) < 4.78 is 4.67. The van der Waals surface area contributed by atoms with Crippen LogP contribution < -0.4 is 4.90 Å². The molecule has 0 aliphatic carbocycles. The third-order valence-corrected chi connectivity index (χ3v) is 4.29. The highest BCUT2D eigenvalue weighted by molar-refractivity contribution is 5.98. The fraction of sp³-hybridized carbons (Fsp3) is 0.526. The number of esters is 1. The van der Waals surface area contributed by atoms with Crippen molar-refractivity contribution in [3.05, 3.63) is 29.3 Å². The van der Waals surface area contributed by atoms with Crippen molar-refractivity contribution in [1.82, 2.24) is 4.90 Å². The van der Waals surface area contributed by atoms with Crippen LogP contribution >= 0.6 is 0 Å². The second kappa shape index (κ2) is 8.14. The normalized spacial score (nSPS) is 12.9. The number of anilines is 1. The molecule has 6 nitrogen and oxygen atoms in total. The first-order chi connectivity index (χ1) is 11.8. The van der Waals surface area contributed by atoms with Gasteiger partial charge in [-0.25, -0.2) is 0 Å². The SMILES string of the molecule is COC(=O)CCN(CC(C)C)C(=O)c1ccc2c(c1)CCN2C(C)=O. The fourth-order valence-electron chi connectivity index (χ4n) is 3.09. The number of carbonyl (C=O) groups is 3. The van der Waals surface area contributed by atoms with Gasteiger partial charge in [0.1, 0.15) is 0 Å². The van der Waals surface area contributed by atoms with Gasteiger partial charge < -0.3 is 14.5 Å². The van der Waals surface area contributed by atoms with Gasteiger partial charge in [0.05, 0.1) is 13.5 Å². The van der Waals surface area contributed by atoms with Crippen LogP contribution in [0.5, 0.6) is 0 Å². The monoisotopic (exact) mass is 346 g/mol. The second-order valence-electron chi connectivity index (χ2n) is 6.74. The average Bonchev–Trinajstić information content (AvgIpc) is 3.00. The Morgan fingerprint density at radius 1 is 1.28 bits per heavy atom. The van der Waals surface area contributed by atoms with E-state index in [0.29, 0.717) is 31.1 Å². The lowest BCUT2D eigenvalue weighted by molar-refractivity contribution is -0.140. The maximum absolute atomic E-state index is 12.9. The van der Waals surface area contributed by atoms with Crippen LogP contribution in [0.1, 0.15) is 43.1 Å². The van der Waals surface area contributed by atoms with Crippen molar-refractivity contribution < 1.29 is 19.1 Å². The molecule has 1 heterocycles. The number of fused-ring (bicyclic) bond motifs is 1. The lowest BCUT2D eigenvalue weighted by Crippen LogP contribution is -2.36. The van der Waals surface area contributed by atoms with Crippen LogP contribution in [-0.2, 0) is 20.7 Å². The lowest BCUT2D eigenvalue weighted by atomic mass is 10.1. The lowest BCUT2D eigenvalue weighted by Gasteiger charge is -2.24. The average molecular weight is 346 g/mol. The molecule has 136 valence electrons. The van der Waals surface area contributed by atoms with Crippen molar-refractivity contribution >= 4 is 23.5 Å². The van der Waals surface area contributed by atoms with Gasteiger partial charge in [0.25, 0.3) is 5.91 Å². The zero-order valence-corrected chi connectivity index (χ0v) is 15.4. The summed E-state index contributed by atoms with van der Waals surface area (Å²) in [4.78, 5) is 39.4. The summed E-state index contributed by atoms with van der Waals surface area (Å²) in [6.45, 7) is 7.18. The second-order valence-corrected chi connectivity index (χ2v) is 6.74. The molecule has 25 heavy (non-hydrogen) atoms. The topological polar surface area (TPSA) is 66.9 Å². The molecule has 0 radical (unpaired) electrons. The molecule has 1 aromatic carbocycles. The Hall–Kier alpha value is -2.37. The fourth-order valence-corrected chi connectivity index (χ4v) is 3.09. The van der Waals surface area contributed by atoms with Gasteiger partial charge >= 0.3 is 5.97 Å². The Morgan fingerprint density at radius 3 is 2.60 bits per heavy atom. The number of methoxy groups -OCH3 is 1. The molecule has 0 aromatic heterocycles. The molecular weight excluding hydrogens is 320 g/mol. The molecule has 1 aliphatic rings. The van der Waals surface area contributed by atoms with Crippen molar-refractivity contribution in [3.8, 4) is 0 Å². The van der Waals surface area contributed by atoms with Crippen molar-refractivity contribution in [3.63, 3.8) is 0 Å². The summed E-state index contributed by atoms with van der Waals surface area (Å²) in [5, 5.41) is 0. The van der Waals surface area contributed by atoms with E-state index in [-0.39, 0.29) is 24.2 Å². The first kappa shape index (κ1) is 19.0. The zero-order valence-electron chi connectivity index (χ0n) is 15.4. The number of benzene rings is 1. The summed E-state index contributed by atoms with van der Waals surface area (Å²) in [7, 11) is 1.35. The Balaban J connectivity index is 2.18. The minimum Gasteiger partial charge on any atom is -0.469 e. The van der Waals surface area contributed by atoms with Gasteiger partial charge in [-0.05, 0) is 36.1 Å². The maximum atomic E-state index is 12.9. The molecule has 1 aromatic rings. The van der Waals surface area contributed by atoms with E-state index < -0.39 is 0 Å². The number of hydrogen-bond acceptors (Lipinski definition) is 4. The van der Waals surface area contributed by atoms with E-state index in [9.17, 15) is 14.4 Å². The molecule has 6 heteroatoms. The summed E-state index contributed by atoms with van der Waals surface area (Å²) in [6, 6.07) is 5.46. The standard InChI is InChI=1S/C19H26N2O4/c1-13(2)12-20(9-8-18(23)25-4)19(24)16-5-6-17-15(11-16)7-10-21(17)14(3)22/h5-6,11,13H,7-10,12H2,1-4H3. The van der Waals surface area contributed by atoms with E-state index in [1.165, 1.54) is 7.11 Å². The van der Waals surface area contributed by atoms with Gasteiger partial charge in [0, 0.05) is 37.8 Å². The van der Waals surface area contributed by atoms with Gasteiger partial charge in [0.15, 0.2) is 0 Å². The van der Waals surface area contributed by atoms with E-state index >= 15 is 0 Å². The van der Waals surface area contributed by atoms with Crippen LogP contribution in [0.4, 0.5) is 5.69 Å². The quantitative estimate of drug-likeness (QED) is 0.741. The molecular formula is C19H26N2O4. The summed E-state index contributed by atoms with van der Waals surface area (Å²) in [6.07, 6.45) is 0.931. The first-order valence-electron chi connectivity index (χ1n) is 8.60. The van der Waals surface area contributed by atoms with Crippen LogP contribution in [0.15, 0.2) is 18.2 Å². The predicted molar refractivity (Wildman–Crippen MR) is 95.5 cm³/mol. The molecule has 0 N–H and O–H groups in total. The molecule has 0 atom stereocenters. The summed E-state index contributed by atoms with van der Waals surface area (Å²) >= 11 is 0. The molecule has 0 saturated heterocycles. The number of rotatable bonds is 6. The maximum Gasteiger partial charge on any atom is 0.307 e. The Morgan fingerprint density at radius 2 is 2.00 bits per heavy atom. The first-order valence-corrected chi connectivity index (χ1v) is 8.60. The minimum absolute atomic E-state index is 0.0114. The highest BCUT2D eigenvalue weighted by Gasteiger charge is 2.25. The smallest absolute Gasteiger partial charge is 0.307 e. The molecule has 0 bridgehead atoms. The van der Waals surface area contributed by atoms with Crippen molar-refractivity contribution in [1.29, 1.82) is 0 Å². The van der Waals surface area contributed by atoms with E-state index in [0.717, 1.165) is 17.7 Å². The van der Waals surface area contributed by atoms with E-state index in [4.69, 9.17) is 0 Å². The largest absolute Gasteiger partial charge is 0.469 e. The number of hydrogen-bond donors (Lipinski definition) is 0. The Labute approximate surface area is 148 Å². The van der Waals surface area contributed by atoms with E-state index in [1.807, 2.05) is 26.0 Å². The summed E-state index contributed by atoms with van der Waals surface area (Å²) in [5.41, 5.74) is 2.49. The number of nitrogens with zero attached hydrogens (tertiary/aromatic N) is 2. The molecule has 0 saturated carbocycles. The van der Waals surface area contributed by atoms with Gasteiger partial charge in [-0.1, -0.05) is 13.8 Å². The van der Waals surface area contributed by atoms with Gasteiger partial charge in [-0.15, -0.1) is 0 Å². The van der Waals surface area contributed by atoms with Crippen LogP contribution in [0.3, 0.4) is 0 Å². The highest BCUT2D eigenvalue weighted by Crippen LogP contribution is 2.29. The van der Waals surface area contributed by atoms with Crippen molar-refractivity contribution in [2.24, 2.45) is 5.92 Å². The minimum atomic E-state index is -0.326. The highest BCUT2D eigenvalue weighted by atomic mass is 16.5. The zero-order chi connectivity index (χ0) is 18.6. The van der Waals surface area contributed by atoms with Gasteiger partial charge in [-0.2, -0.15) is 0 Å². The van der Waals surface area contributed by atoms with E-state index in [1.54, 1.807) is 22.8 Å². The van der Waals surface area contributed by atoms with Crippen molar-refractivity contribution in [2.45, 2.75) is 33.6 Å². The van der Waals surface area contributed by atoms with Crippen LogP contribution in [0.2, 0.25) is 0 Å². The third-order valence-electron chi connectivity index (χ3n) is 4.29. The summed E-state index contributed by atoms with van der Waals surface area (Å²) in [5.74, 6) is -0.115. The number of carbonyl (C=O) groups excluding carboxylic acids is 3. The molecule has 2 amide bonds. The molecule has 2 rings (SSSR count). The van der Waals surface area contributed by atoms with Gasteiger partial charge in [-0.3, -0.25) is 14.4 Å². The molecule has 0 unspecified atom stereocenters. The van der Waals surface area contributed by atoms with Crippen molar-refractivity contribution in [2.75, 3.05) is 31.6 Å². The molecule has 0 fully saturated rings. The van der Waals surface area contributed by atoms with Crippen LogP contribution in [-0.4, -0.2) is 49.4 Å². The van der Waals surface area contributed by atoms with Crippen LogP contribution in [0, 0.1) is 5.92 Å². The molecule has 1 aliphatic heterocycles. The Kier molecular flexibility index (Phi) is 6.17. The number of amides is 2. The van der Waals surface area contributed by atoms with Gasteiger partial charge in [0.2, 0.25) is 5.91 Å². The predicted octanol–water partition coefficient (Wildman–Crippen LogP) is 2.26. The Bertz CT molecular complexity index is 669.